The molecule has 0 amide bonds. The number of carbonyl (C=O) groups is 1. The number of para-hydroxylation sites is 1. The number of hydrogen-bond acceptors (Lipinski definition) is 4. The Labute approximate surface area is 174 Å². The van der Waals surface area contributed by atoms with Crippen LogP contribution in [-0.4, -0.2) is 36.9 Å². The third-order valence-electron chi connectivity index (χ3n) is 4.06. The smallest absolute Gasteiger partial charge is 0.161 e. The van der Waals surface area contributed by atoms with E-state index in [1.54, 1.807) is 25.4 Å². The zero-order chi connectivity index (χ0) is 21.6. The van der Waals surface area contributed by atoms with E-state index >= 15 is 0 Å². The van der Waals surface area contributed by atoms with Gasteiger partial charge in [0.1, 0.15) is 6.34 Å². The monoisotopic (exact) mass is 390 g/mol. The lowest BCUT2D eigenvalue weighted by atomic mass is 10.2. The van der Waals surface area contributed by atoms with Crippen molar-refractivity contribution in [2.45, 2.75) is 27.2 Å². The van der Waals surface area contributed by atoms with Crippen LogP contribution in [0, 0.1) is 0 Å². The summed E-state index contributed by atoms with van der Waals surface area (Å²) in [7, 11) is 3.69. The van der Waals surface area contributed by atoms with Crippen LogP contribution in [0.15, 0.2) is 83.1 Å². The molecular formula is C24H30N4O. The molecule has 0 saturated heterocycles. The van der Waals surface area contributed by atoms with E-state index in [9.17, 15) is 4.79 Å². The van der Waals surface area contributed by atoms with E-state index < -0.39 is 0 Å². The molecule has 0 fully saturated rings. The number of nitrogens with zero attached hydrogens (tertiary/aromatic N) is 4. The highest BCUT2D eigenvalue weighted by molar-refractivity contribution is 6.01. The fourth-order valence-corrected chi connectivity index (χ4v) is 2.11. The predicted molar refractivity (Wildman–Crippen MR) is 124 cm³/mol. The van der Waals surface area contributed by atoms with E-state index in [4.69, 9.17) is 0 Å². The summed E-state index contributed by atoms with van der Waals surface area (Å²) in [6, 6.07) is 13.8. The lowest BCUT2D eigenvalue weighted by Crippen LogP contribution is -2.07. The largest absolute Gasteiger partial charge is 0.351 e. The number of carbonyl (C=O) groups excluding carboxylic acids is 1. The Morgan fingerprint density at radius 3 is 2.38 bits per heavy atom. The number of Topliss-reactive ketones (excluding diaryl/α,β-unsaturated/α-hetero) is 1. The fraction of sp³-hybridized carbons (Fsp3) is 0.250. The van der Waals surface area contributed by atoms with E-state index in [1.807, 2.05) is 44.4 Å². The predicted octanol–water partition coefficient (Wildman–Crippen LogP) is 5.35. The highest BCUT2D eigenvalue weighted by Crippen LogP contribution is 2.12. The van der Waals surface area contributed by atoms with Crippen molar-refractivity contribution in [1.82, 2.24) is 4.98 Å². The SMILES string of the molecule is C=C(/C=C\N(C)c1ccccc1)CC.CN=CN=C(C)c1ccc(C(C)=O)cn1. The number of pyridine rings is 1. The van der Waals surface area contributed by atoms with Crippen LogP contribution in [-0.2, 0) is 0 Å². The van der Waals surface area contributed by atoms with Gasteiger partial charge in [0.2, 0.25) is 0 Å². The van der Waals surface area contributed by atoms with Gasteiger partial charge < -0.3 is 4.90 Å². The molecule has 1 heterocycles. The van der Waals surface area contributed by atoms with Gasteiger partial charge >= 0.3 is 0 Å². The third-order valence-corrected chi connectivity index (χ3v) is 4.06. The first-order chi connectivity index (χ1) is 13.9. The highest BCUT2D eigenvalue weighted by atomic mass is 16.1. The summed E-state index contributed by atoms with van der Waals surface area (Å²) in [6.45, 7) is 9.39. The Bertz CT molecular complexity index is 866. The molecule has 1 aromatic carbocycles. The van der Waals surface area contributed by atoms with Crippen molar-refractivity contribution in [1.29, 1.82) is 0 Å². The van der Waals surface area contributed by atoms with Crippen LogP contribution in [0.4, 0.5) is 5.69 Å². The molecule has 0 aliphatic heterocycles. The number of ketones is 1. The van der Waals surface area contributed by atoms with Crippen molar-refractivity contribution in [2.24, 2.45) is 9.98 Å². The van der Waals surface area contributed by atoms with Gasteiger partial charge in [0.15, 0.2) is 5.78 Å². The second-order valence-electron chi connectivity index (χ2n) is 6.35. The number of aliphatic imine (C=N–C) groups is 2. The van der Waals surface area contributed by atoms with Crippen LogP contribution in [0.2, 0.25) is 0 Å². The van der Waals surface area contributed by atoms with Crippen LogP contribution in [0.5, 0.6) is 0 Å². The minimum atomic E-state index is 0.0127. The van der Waals surface area contributed by atoms with Crippen molar-refractivity contribution in [3.05, 3.63) is 84.3 Å². The maximum atomic E-state index is 11.0. The maximum Gasteiger partial charge on any atom is 0.161 e. The zero-order valence-electron chi connectivity index (χ0n) is 18.0. The summed E-state index contributed by atoms with van der Waals surface area (Å²) in [5.41, 5.74) is 4.46. The molecule has 0 aliphatic carbocycles. The molecule has 0 spiro atoms. The van der Waals surface area contributed by atoms with Crippen LogP contribution < -0.4 is 4.90 Å². The molecule has 1 aromatic heterocycles. The highest BCUT2D eigenvalue weighted by Gasteiger charge is 2.01. The second-order valence-corrected chi connectivity index (χ2v) is 6.35. The lowest BCUT2D eigenvalue weighted by Gasteiger charge is -2.13. The number of allylic oxidation sites excluding steroid dienone is 2. The summed E-state index contributed by atoms with van der Waals surface area (Å²) in [5, 5.41) is 0. The molecule has 0 atom stereocenters. The average molecular weight is 391 g/mol. The quantitative estimate of drug-likeness (QED) is 0.277. The van der Waals surface area contributed by atoms with Gasteiger partial charge in [-0.25, -0.2) is 4.99 Å². The van der Waals surface area contributed by atoms with Crippen LogP contribution in [0.25, 0.3) is 0 Å². The second kappa shape index (κ2) is 12.9. The van der Waals surface area contributed by atoms with Crippen molar-refractivity contribution < 1.29 is 4.79 Å². The first-order valence-corrected chi connectivity index (χ1v) is 9.45. The van der Waals surface area contributed by atoms with Gasteiger partial charge in [-0.2, -0.15) is 0 Å². The number of hydrogen-bond donors (Lipinski definition) is 0. The first kappa shape index (κ1) is 23.7. The summed E-state index contributed by atoms with van der Waals surface area (Å²) < 4.78 is 0. The van der Waals surface area contributed by atoms with E-state index in [1.165, 1.54) is 18.9 Å². The van der Waals surface area contributed by atoms with Crippen LogP contribution >= 0.6 is 0 Å². The molecule has 5 heteroatoms. The Hall–Kier alpha value is -3.34. The Morgan fingerprint density at radius 1 is 1.17 bits per heavy atom. The number of anilines is 1. The summed E-state index contributed by atoms with van der Waals surface area (Å²) in [6.07, 6.45) is 8.11. The van der Waals surface area contributed by atoms with Crippen molar-refractivity contribution in [3.8, 4) is 0 Å². The van der Waals surface area contributed by atoms with Crippen molar-refractivity contribution >= 4 is 23.5 Å². The molecule has 0 aliphatic rings. The molecule has 2 aromatic rings. The maximum absolute atomic E-state index is 11.0. The molecular weight excluding hydrogens is 360 g/mol. The van der Waals surface area contributed by atoms with Gasteiger partial charge in [0, 0.05) is 37.7 Å². The van der Waals surface area contributed by atoms with Gasteiger partial charge in [0.25, 0.3) is 0 Å². The van der Waals surface area contributed by atoms with Gasteiger partial charge in [-0.05, 0) is 50.6 Å². The number of aromatic nitrogens is 1. The van der Waals surface area contributed by atoms with E-state index in [0.717, 1.165) is 23.4 Å². The molecule has 5 nitrogen and oxygen atoms in total. The average Bonchev–Trinajstić information content (AvgIpc) is 2.76. The summed E-state index contributed by atoms with van der Waals surface area (Å²) in [5.74, 6) is 0.0127. The Kier molecular flexibility index (Phi) is 10.6. The standard InChI is InChI=1S/C13H17N.C11H13N3O/c1-4-12(2)10-11-14(3)13-8-6-5-7-9-13;1-8(14-7-12-3)11-5-4-10(6-13-11)9(2)15/h5-11H,2,4H2,1,3H3;4-7H,1-3H3/b11-10-;. The summed E-state index contributed by atoms with van der Waals surface area (Å²) in [4.78, 5) is 25.0. The van der Waals surface area contributed by atoms with E-state index in [-0.39, 0.29) is 5.78 Å². The fourth-order valence-electron chi connectivity index (χ4n) is 2.11. The molecule has 0 N–H and O–H groups in total. The minimum absolute atomic E-state index is 0.0127. The molecule has 29 heavy (non-hydrogen) atoms. The minimum Gasteiger partial charge on any atom is -0.351 e. The molecule has 152 valence electrons. The number of rotatable bonds is 7. The van der Waals surface area contributed by atoms with E-state index in [0.29, 0.717) is 5.56 Å². The third kappa shape index (κ3) is 8.93. The van der Waals surface area contributed by atoms with Gasteiger partial charge in [-0.3, -0.25) is 14.8 Å². The topological polar surface area (TPSA) is 57.9 Å². The molecule has 0 radical (unpaired) electrons. The molecule has 0 bridgehead atoms. The van der Waals surface area contributed by atoms with Gasteiger partial charge in [0.05, 0.1) is 11.4 Å². The Morgan fingerprint density at radius 2 is 1.86 bits per heavy atom. The molecule has 0 unspecified atom stereocenters. The normalized spacial score (nSPS) is 11.3. The van der Waals surface area contributed by atoms with Crippen LogP contribution in [0.1, 0.15) is 43.2 Å². The summed E-state index contributed by atoms with van der Waals surface area (Å²) >= 11 is 0. The van der Waals surface area contributed by atoms with Gasteiger partial charge in [-0.15, -0.1) is 0 Å². The first-order valence-electron chi connectivity index (χ1n) is 9.45. The lowest BCUT2D eigenvalue weighted by molar-refractivity contribution is 0.101. The Balaban J connectivity index is 0.000000291. The van der Waals surface area contributed by atoms with Gasteiger partial charge in [-0.1, -0.05) is 37.3 Å². The molecule has 0 saturated carbocycles. The van der Waals surface area contributed by atoms with E-state index in [2.05, 4.69) is 45.5 Å². The van der Waals surface area contributed by atoms with Crippen molar-refractivity contribution in [3.63, 3.8) is 0 Å². The molecule has 2 rings (SSSR count). The van der Waals surface area contributed by atoms with Crippen LogP contribution in [0.3, 0.4) is 0 Å². The van der Waals surface area contributed by atoms with Crippen molar-refractivity contribution in [2.75, 3.05) is 19.0 Å². The zero-order valence-corrected chi connectivity index (χ0v) is 18.0. The number of benzene rings is 1.